The fourth-order valence-corrected chi connectivity index (χ4v) is 3.50. The van der Waals surface area contributed by atoms with E-state index in [1.807, 2.05) is 26.1 Å². The van der Waals surface area contributed by atoms with Gasteiger partial charge in [-0.3, -0.25) is 9.74 Å². The van der Waals surface area contributed by atoms with E-state index in [9.17, 15) is 4.79 Å². The summed E-state index contributed by atoms with van der Waals surface area (Å²) in [4.78, 5) is 20.3. The highest BCUT2D eigenvalue weighted by molar-refractivity contribution is 6.17. The summed E-state index contributed by atoms with van der Waals surface area (Å²) in [7, 11) is 3.50. The molecule has 1 aromatic carbocycles. The van der Waals surface area contributed by atoms with Gasteiger partial charge in [0.1, 0.15) is 6.17 Å². The normalized spacial score (nSPS) is 18.6. The van der Waals surface area contributed by atoms with Gasteiger partial charge in [-0.05, 0) is 45.8 Å². The maximum atomic E-state index is 12.8. The second-order valence-corrected chi connectivity index (χ2v) is 6.75. The van der Waals surface area contributed by atoms with Gasteiger partial charge in [0, 0.05) is 5.56 Å². The summed E-state index contributed by atoms with van der Waals surface area (Å²) >= 11 is 11.4. The first-order valence-electron chi connectivity index (χ1n) is 8.88. The van der Waals surface area contributed by atoms with E-state index in [0.717, 1.165) is 31.4 Å². The predicted octanol–water partition coefficient (Wildman–Crippen LogP) is 3.91. The van der Waals surface area contributed by atoms with Crippen LogP contribution in [-0.2, 0) is 4.84 Å². The Morgan fingerprint density at radius 1 is 1.33 bits per heavy atom. The minimum Gasteiger partial charge on any atom is -0.474 e. The molecule has 1 unspecified atom stereocenters. The molecule has 1 aliphatic heterocycles. The molecule has 0 saturated carbocycles. The average molecular weight is 420 g/mol. The number of ether oxygens (including phenoxy) is 2. The van der Waals surface area contributed by atoms with Crippen LogP contribution in [0.15, 0.2) is 18.2 Å². The minimum absolute atomic E-state index is 0.0195. The van der Waals surface area contributed by atoms with Crippen LogP contribution in [0.25, 0.3) is 0 Å². The molecule has 152 valence electrons. The number of amides is 2. The van der Waals surface area contributed by atoms with Gasteiger partial charge in [-0.2, -0.15) is 5.06 Å². The molecule has 1 N–H and O–H groups in total. The van der Waals surface area contributed by atoms with Crippen molar-refractivity contribution in [2.24, 2.45) is 0 Å². The Balaban J connectivity index is 2.16. The first-order valence-corrected chi connectivity index (χ1v) is 9.94. The molecule has 1 fully saturated rings. The van der Waals surface area contributed by atoms with Crippen LogP contribution in [0.2, 0.25) is 0 Å². The molecular formula is C18H27Cl2N3O4. The van der Waals surface area contributed by atoms with Crippen LogP contribution in [0.1, 0.15) is 37.8 Å². The number of carbonyl (C=O) groups is 1. The number of piperidine rings is 1. The lowest BCUT2D eigenvalue weighted by Crippen LogP contribution is -2.54. The molecule has 2 amide bonds. The predicted molar refractivity (Wildman–Crippen MR) is 105 cm³/mol. The van der Waals surface area contributed by atoms with Gasteiger partial charge in [-0.25, -0.2) is 4.79 Å². The van der Waals surface area contributed by atoms with E-state index in [4.69, 9.17) is 37.5 Å². The Morgan fingerprint density at radius 2 is 2.07 bits per heavy atom. The second-order valence-electron chi connectivity index (χ2n) is 6.32. The van der Waals surface area contributed by atoms with Gasteiger partial charge >= 0.3 is 6.03 Å². The first kappa shape index (κ1) is 21.9. The van der Waals surface area contributed by atoms with E-state index < -0.39 is 0 Å². The van der Waals surface area contributed by atoms with Gasteiger partial charge in [-0.1, -0.05) is 35.3 Å². The van der Waals surface area contributed by atoms with E-state index >= 15 is 0 Å². The number of halogens is 2. The third-order valence-corrected chi connectivity index (χ3v) is 4.84. The highest BCUT2D eigenvalue weighted by Crippen LogP contribution is 2.35. The van der Waals surface area contributed by atoms with Gasteiger partial charge < -0.3 is 14.8 Å². The molecule has 7 nitrogen and oxygen atoms in total. The molecular weight excluding hydrogens is 393 g/mol. The summed E-state index contributed by atoms with van der Waals surface area (Å²) in [5.74, 6) is 0.930. The first-order chi connectivity index (χ1) is 13.0. The van der Waals surface area contributed by atoms with Crippen LogP contribution < -0.4 is 14.8 Å². The van der Waals surface area contributed by atoms with E-state index in [0.29, 0.717) is 11.5 Å². The number of hydroxylamine groups is 2. The lowest BCUT2D eigenvalue weighted by molar-refractivity contribution is -0.161. The van der Waals surface area contributed by atoms with E-state index in [1.165, 1.54) is 12.2 Å². The molecule has 0 spiro atoms. The Bertz CT molecular complexity index is 620. The van der Waals surface area contributed by atoms with Gasteiger partial charge in [0.05, 0.1) is 13.2 Å². The lowest BCUT2D eigenvalue weighted by Gasteiger charge is -2.39. The molecule has 2 rings (SSSR count). The molecule has 1 aromatic rings. The smallest absolute Gasteiger partial charge is 0.343 e. The van der Waals surface area contributed by atoms with Crippen molar-refractivity contribution in [1.29, 1.82) is 0 Å². The molecule has 1 heterocycles. The second kappa shape index (κ2) is 10.8. The SMILES string of the molecule is CON(C(=O)NC(C)c1cccc(OCCl)c1OCCl)[C@@H]1CCCCN1C. The number of hydrogen-bond acceptors (Lipinski definition) is 5. The molecule has 2 atom stereocenters. The Hall–Kier alpha value is -1.41. The lowest BCUT2D eigenvalue weighted by atomic mass is 10.1. The summed E-state index contributed by atoms with van der Waals surface area (Å²) in [5.41, 5.74) is 0.736. The molecule has 0 bridgehead atoms. The van der Waals surface area contributed by atoms with E-state index in [2.05, 4.69) is 10.2 Å². The maximum Gasteiger partial charge on any atom is 0.343 e. The Kier molecular flexibility index (Phi) is 8.76. The van der Waals surface area contributed by atoms with Crippen molar-refractivity contribution in [2.45, 2.75) is 38.4 Å². The zero-order chi connectivity index (χ0) is 19.8. The van der Waals surface area contributed by atoms with Crippen molar-refractivity contribution in [3.8, 4) is 11.5 Å². The van der Waals surface area contributed by atoms with Crippen LogP contribution >= 0.6 is 23.2 Å². The molecule has 9 heteroatoms. The topological polar surface area (TPSA) is 63.3 Å². The van der Waals surface area contributed by atoms with Crippen LogP contribution in [0, 0.1) is 0 Å². The number of para-hydroxylation sites is 1. The maximum absolute atomic E-state index is 12.8. The number of nitrogens with one attached hydrogen (secondary N) is 1. The van der Waals surface area contributed by atoms with Crippen molar-refractivity contribution in [3.05, 3.63) is 23.8 Å². The molecule has 0 aliphatic carbocycles. The molecule has 0 aromatic heterocycles. The average Bonchev–Trinajstić information content (AvgIpc) is 2.65. The van der Waals surface area contributed by atoms with Crippen molar-refractivity contribution in [2.75, 3.05) is 32.8 Å². The van der Waals surface area contributed by atoms with Crippen molar-refractivity contribution in [1.82, 2.24) is 15.3 Å². The van der Waals surface area contributed by atoms with Crippen LogP contribution in [0.3, 0.4) is 0 Å². The third-order valence-electron chi connectivity index (χ3n) is 4.62. The van der Waals surface area contributed by atoms with Crippen molar-refractivity contribution >= 4 is 29.2 Å². The van der Waals surface area contributed by atoms with Crippen LogP contribution in [0.5, 0.6) is 11.5 Å². The zero-order valence-corrected chi connectivity index (χ0v) is 17.4. The van der Waals surface area contributed by atoms with Gasteiger partial charge in [0.2, 0.25) is 0 Å². The number of benzene rings is 1. The third kappa shape index (κ3) is 5.54. The van der Waals surface area contributed by atoms with Gasteiger partial charge in [-0.15, -0.1) is 0 Å². The summed E-state index contributed by atoms with van der Waals surface area (Å²) in [6.45, 7) is 2.79. The minimum atomic E-state index is -0.360. The summed E-state index contributed by atoms with van der Waals surface area (Å²) in [5, 5.41) is 4.34. The van der Waals surface area contributed by atoms with E-state index in [1.54, 1.807) is 6.07 Å². The monoisotopic (exact) mass is 419 g/mol. The van der Waals surface area contributed by atoms with Gasteiger partial charge in [0.25, 0.3) is 0 Å². The fourth-order valence-electron chi connectivity index (χ4n) is 3.28. The molecule has 0 radical (unpaired) electrons. The number of nitrogens with zero attached hydrogens (tertiary/aromatic N) is 2. The quantitative estimate of drug-likeness (QED) is 0.510. The summed E-state index contributed by atoms with van der Waals surface area (Å²) in [6.07, 6.45) is 2.95. The summed E-state index contributed by atoms with van der Waals surface area (Å²) < 4.78 is 10.9. The molecule has 1 saturated heterocycles. The molecule has 1 aliphatic rings. The van der Waals surface area contributed by atoms with Crippen LogP contribution in [0.4, 0.5) is 4.79 Å². The number of hydrogen-bond donors (Lipinski definition) is 1. The largest absolute Gasteiger partial charge is 0.474 e. The van der Waals surface area contributed by atoms with Crippen molar-refractivity contribution < 1.29 is 19.1 Å². The highest BCUT2D eigenvalue weighted by Gasteiger charge is 2.31. The number of likely N-dealkylation sites (tertiary alicyclic amines) is 1. The number of alkyl halides is 2. The Morgan fingerprint density at radius 3 is 2.70 bits per heavy atom. The van der Waals surface area contributed by atoms with Gasteiger partial charge in [0.15, 0.2) is 23.6 Å². The van der Waals surface area contributed by atoms with Crippen molar-refractivity contribution in [3.63, 3.8) is 0 Å². The fraction of sp³-hybridized carbons (Fsp3) is 0.611. The highest BCUT2D eigenvalue weighted by atomic mass is 35.5. The number of carbonyl (C=O) groups excluding carboxylic acids is 1. The molecule has 27 heavy (non-hydrogen) atoms. The zero-order valence-electron chi connectivity index (χ0n) is 15.9. The van der Waals surface area contributed by atoms with Crippen LogP contribution in [-0.4, -0.2) is 55.0 Å². The Labute approximate surface area is 170 Å². The number of rotatable bonds is 8. The summed E-state index contributed by atoms with van der Waals surface area (Å²) in [6, 6.07) is 4.65. The van der Waals surface area contributed by atoms with E-state index in [-0.39, 0.29) is 30.4 Å². The number of urea groups is 1. The standard InChI is InChI=1S/C18H27Cl2N3O4/c1-13(14-7-6-8-15(26-11-19)17(14)27-12-20)21-18(24)23(25-3)16-9-4-5-10-22(16)2/h6-8,13,16H,4-5,9-12H2,1-3H3,(H,21,24)/t13?,16-/m1/s1.